The molecule has 1 aliphatic rings. The van der Waals surface area contributed by atoms with Crippen molar-refractivity contribution in [2.24, 2.45) is 5.92 Å². The number of aliphatic hydroxyl groups is 1. The van der Waals surface area contributed by atoms with E-state index in [0.717, 1.165) is 19.6 Å². The lowest BCUT2D eigenvalue weighted by Crippen LogP contribution is -2.45. The molecule has 1 heterocycles. The molecule has 2 nitrogen and oxygen atoms in total. The van der Waals surface area contributed by atoms with Gasteiger partial charge in [-0.15, -0.1) is 0 Å². The van der Waals surface area contributed by atoms with Crippen LogP contribution in [0.4, 0.5) is 0 Å². The quantitative estimate of drug-likeness (QED) is 0.780. The van der Waals surface area contributed by atoms with Crippen molar-refractivity contribution in [2.45, 2.75) is 32.8 Å². The van der Waals surface area contributed by atoms with Crippen molar-refractivity contribution in [3.05, 3.63) is 0 Å². The summed E-state index contributed by atoms with van der Waals surface area (Å²) in [7, 11) is 0. The van der Waals surface area contributed by atoms with E-state index in [9.17, 15) is 5.11 Å². The maximum atomic E-state index is 10.2. The first-order chi connectivity index (χ1) is 6.52. The van der Waals surface area contributed by atoms with Gasteiger partial charge in [-0.3, -0.25) is 4.90 Å². The summed E-state index contributed by atoms with van der Waals surface area (Å²) in [6.07, 6.45) is 1.26. The zero-order valence-corrected chi connectivity index (χ0v) is 10.4. The van der Waals surface area contributed by atoms with E-state index < -0.39 is 5.60 Å². The molecule has 0 aliphatic carbocycles. The van der Waals surface area contributed by atoms with Crippen LogP contribution in [0.1, 0.15) is 27.2 Å². The van der Waals surface area contributed by atoms with Crippen molar-refractivity contribution in [1.82, 2.24) is 4.90 Å². The molecule has 0 aromatic carbocycles. The second-order valence-corrected chi connectivity index (χ2v) is 5.98. The van der Waals surface area contributed by atoms with Gasteiger partial charge in [-0.25, -0.2) is 0 Å². The van der Waals surface area contributed by atoms with Crippen LogP contribution in [0.3, 0.4) is 0 Å². The fraction of sp³-hybridized carbons (Fsp3) is 1.00. The summed E-state index contributed by atoms with van der Waals surface area (Å²) in [6.45, 7) is 9.24. The monoisotopic (exact) mass is 217 g/mol. The third-order valence-corrected chi connectivity index (χ3v) is 4.15. The second-order valence-electron chi connectivity index (χ2n) is 4.75. The van der Waals surface area contributed by atoms with Gasteiger partial charge >= 0.3 is 0 Å². The van der Waals surface area contributed by atoms with Gasteiger partial charge in [0.1, 0.15) is 0 Å². The lowest BCUT2D eigenvalue weighted by atomic mass is 9.92. The van der Waals surface area contributed by atoms with Gasteiger partial charge in [0.25, 0.3) is 0 Å². The predicted octanol–water partition coefficient (Wildman–Crippen LogP) is 1.83. The third kappa shape index (κ3) is 3.79. The highest BCUT2D eigenvalue weighted by Gasteiger charge is 2.27. The zero-order chi connectivity index (χ0) is 10.6. The van der Waals surface area contributed by atoms with Gasteiger partial charge in [0.15, 0.2) is 0 Å². The molecule has 1 saturated heterocycles. The molecule has 1 unspecified atom stereocenters. The standard InChI is InChI=1S/C11H23NOS/c1-10(2)11(3,13)9-12-5-4-7-14-8-6-12/h10,13H,4-9H2,1-3H3. The normalized spacial score (nSPS) is 24.6. The molecule has 0 aromatic heterocycles. The maximum absolute atomic E-state index is 10.2. The van der Waals surface area contributed by atoms with E-state index in [-0.39, 0.29) is 0 Å². The van der Waals surface area contributed by atoms with Crippen LogP contribution >= 0.6 is 11.8 Å². The predicted molar refractivity (Wildman–Crippen MR) is 63.8 cm³/mol. The molecule has 0 saturated carbocycles. The Morgan fingerprint density at radius 2 is 2.07 bits per heavy atom. The number of hydrogen-bond acceptors (Lipinski definition) is 3. The summed E-state index contributed by atoms with van der Waals surface area (Å²) in [4.78, 5) is 2.40. The lowest BCUT2D eigenvalue weighted by molar-refractivity contribution is -0.0171. The van der Waals surface area contributed by atoms with Crippen LogP contribution in [-0.2, 0) is 0 Å². The SMILES string of the molecule is CC(C)C(C)(O)CN1CCCSCC1. The van der Waals surface area contributed by atoms with E-state index in [1.165, 1.54) is 17.9 Å². The first-order valence-corrected chi connectivity index (χ1v) is 6.70. The fourth-order valence-corrected chi connectivity index (χ4v) is 2.52. The van der Waals surface area contributed by atoms with Gasteiger partial charge in [0.05, 0.1) is 5.60 Å². The fourth-order valence-electron chi connectivity index (χ4n) is 1.59. The number of rotatable bonds is 3. The minimum absolute atomic E-state index is 0.332. The summed E-state index contributed by atoms with van der Waals surface area (Å²) in [6, 6.07) is 0. The molecule has 0 amide bonds. The topological polar surface area (TPSA) is 23.5 Å². The number of nitrogens with zero attached hydrogens (tertiary/aromatic N) is 1. The number of hydrogen-bond donors (Lipinski definition) is 1. The van der Waals surface area contributed by atoms with Gasteiger partial charge in [0.2, 0.25) is 0 Å². The van der Waals surface area contributed by atoms with Crippen LogP contribution in [0.5, 0.6) is 0 Å². The lowest BCUT2D eigenvalue weighted by Gasteiger charge is -2.33. The van der Waals surface area contributed by atoms with Gasteiger partial charge in [0, 0.05) is 18.8 Å². The Balaban J connectivity index is 2.41. The highest BCUT2D eigenvalue weighted by atomic mass is 32.2. The van der Waals surface area contributed by atoms with E-state index in [1.54, 1.807) is 0 Å². The van der Waals surface area contributed by atoms with Gasteiger partial charge < -0.3 is 5.11 Å². The summed E-state index contributed by atoms with van der Waals surface area (Å²) in [5.41, 5.74) is -0.533. The van der Waals surface area contributed by atoms with E-state index in [1.807, 2.05) is 18.7 Å². The molecule has 1 rings (SSSR count). The van der Waals surface area contributed by atoms with Crippen LogP contribution in [0.25, 0.3) is 0 Å². The number of thioether (sulfide) groups is 1. The Morgan fingerprint density at radius 3 is 2.71 bits per heavy atom. The van der Waals surface area contributed by atoms with Gasteiger partial charge in [-0.05, 0) is 31.6 Å². The van der Waals surface area contributed by atoms with Gasteiger partial charge in [-0.1, -0.05) is 13.8 Å². The largest absolute Gasteiger partial charge is 0.389 e. The molecule has 0 bridgehead atoms. The molecule has 0 spiro atoms. The molecular weight excluding hydrogens is 194 g/mol. The molecule has 0 aromatic rings. The molecule has 14 heavy (non-hydrogen) atoms. The van der Waals surface area contributed by atoms with Crippen LogP contribution < -0.4 is 0 Å². The maximum Gasteiger partial charge on any atom is 0.0768 e. The van der Waals surface area contributed by atoms with Crippen molar-refractivity contribution in [2.75, 3.05) is 31.1 Å². The van der Waals surface area contributed by atoms with Crippen molar-refractivity contribution in [3.63, 3.8) is 0 Å². The highest BCUT2D eigenvalue weighted by Crippen LogP contribution is 2.19. The minimum atomic E-state index is -0.533. The highest BCUT2D eigenvalue weighted by molar-refractivity contribution is 7.99. The Morgan fingerprint density at radius 1 is 1.36 bits per heavy atom. The van der Waals surface area contributed by atoms with Crippen LogP contribution in [-0.4, -0.2) is 46.7 Å². The molecular formula is C11H23NOS. The summed E-state index contributed by atoms with van der Waals surface area (Å²) in [5, 5.41) is 10.2. The molecule has 0 radical (unpaired) electrons. The smallest absolute Gasteiger partial charge is 0.0768 e. The first kappa shape index (κ1) is 12.3. The van der Waals surface area contributed by atoms with E-state index in [4.69, 9.17) is 0 Å². The average Bonchev–Trinajstić information content (AvgIpc) is 2.32. The van der Waals surface area contributed by atoms with Crippen molar-refractivity contribution < 1.29 is 5.11 Å². The average molecular weight is 217 g/mol. The van der Waals surface area contributed by atoms with E-state index in [2.05, 4.69) is 18.7 Å². The van der Waals surface area contributed by atoms with E-state index >= 15 is 0 Å². The zero-order valence-electron chi connectivity index (χ0n) is 9.62. The second kappa shape index (κ2) is 5.38. The molecule has 1 fully saturated rings. The van der Waals surface area contributed by atoms with Crippen molar-refractivity contribution in [1.29, 1.82) is 0 Å². The number of β-amino-alcohol motifs (C(OH)–C–C–N with tert-alkyl or cyclic N) is 1. The van der Waals surface area contributed by atoms with Crippen molar-refractivity contribution >= 4 is 11.8 Å². The van der Waals surface area contributed by atoms with E-state index in [0.29, 0.717) is 5.92 Å². The van der Waals surface area contributed by atoms with Crippen molar-refractivity contribution in [3.8, 4) is 0 Å². The van der Waals surface area contributed by atoms with Crippen LogP contribution in [0.2, 0.25) is 0 Å². The minimum Gasteiger partial charge on any atom is -0.389 e. The Labute approximate surface area is 92.1 Å². The molecule has 84 valence electrons. The molecule has 1 atom stereocenters. The third-order valence-electron chi connectivity index (χ3n) is 3.10. The Hall–Kier alpha value is 0.270. The Kier molecular flexibility index (Phi) is 4.74. The first-order valence-electron chi connectivity index (χ1n) is 5.55. The summed E-state index contributed by atoms with van der Waals surface area (Å²) < 4.78 is 0. The summed E-state index contributed by atoms with van der Waals surface area (Å²) >= 11 is 2.03. The molecule has 3 heteroatoms. The van der Waals surface area contributed by atoms with Crippen LogP contribution in [0.15, 0.2) is 0 Å². The van der Waals surface area contributed by atoms with Gasteiger partial charge in [-0.2, -0.15) is 11.8 Å². The Bertz CT molecular complexity index is 163. The molecule has 1 aliphatic heterocycles. The van der Waals surface area contributed by atoms with Crippen LogP contribution in [0, 0.1) is 5.92 Å². The summed E-state index contributed by atoms with van der Waals surface area (Å²) in [5.74, 6) is 2.83. The molecule has 1 N–H and O–H groups in total.